The number of halogens is 1. The van der Waals surface area contributed by atoms with E-state index in [1.807, 2.05) is 19.9 Å². The van der Waals surface area contributed by atoms with Crippen molar-refractivity contribution >= 4 is 28.3 Å². The van der Waals surface area contributed by atoms with E-state index < -0.39 is 0 Å². The number of hydrogen-bond acceptors (Lipinski definition) is 2. The quantitative estimate of drug-likeness (QED) is 0.752. The summed E-state index contributed by atoms with van der Waals surface area (Å²) >= 11 is 6.45. The molecule has 1 aromatic heterocycles. The van der Waals surface area contributed by atoms with Gasteiger partial charge in [0, 0.05) is 17.5 Å². The predicted octanol–water partition coefficient (Wildman–Crippen LogP) is 4.58. The Labute approximate surface area is 113 Å². The third-order valence-corrected chi connectivity index (χ3v) is 3.50. The third kappa shape index (κ3) is 2.30. The summed E-state index contributed by atoms with van der Waals surface area (Å²) in [5.74, 6) is 0.965. The smallest absolute Gasteiger partial charge is 0.131 e. The number of nitrogens with one attached hydrogen (secondary N) is 1. The van der Waals surface area contributed by atoms with Crippen LogP contribution in [0.15, 0.2) is 18.2 Å². The van der Waals surface area contributed by atoms with E-state index in [1.165, 1.54) is 11.1 Å². The lowest BCUT2D eigenvalue weighted by atomic mass is 10.0. The highest BCUT2D eigenvalue weighted by molar-refractivity contribution is 6.36. The van der Waals surface area contributed by atoms with Crippen molar-refractivity contribution in [2.75, 3.05) is 11.9 Å². The second-order valence-corrected chi connectivity index (χ2v) is 4.68. The standard InChI is InChI=1S/C13H13ClN2.C2H6/c1-8-4-5-11-10(7-8)12(14)9-3-2-6-15-13(9)16-11;1-2/h4-5,7H,2-3,6H2,1H3,(H,15,16);1-2H3. The van der Waals surface area contributed by atoms with E-state index in [1.54, 1.807) is 0 Å². The Kier molecular flexibility index (Phi) is 4.07. The van der Waals surface area contributed by atoms with Crippen LogP contribution in [0, 0.1) is 6.92 Å². The first-order chi connectivity index (χ1) is 8.75. The number of nitrogens with zero attached hydrogens (tertiary/aromatic N) is 1. The first kappa shape index (κ1) is 13.2. The van der Waals surface area contributed by atoms with Gasteiger partial charge < -0.3 is 5.32 Å². The van der Waals surface area contributed by atoms with Gasteiger partial charge in [0.05, 0.1) is 10.5 Å². The van der Waals surface area contributed by atoms with Gasteiger partial charge in [-0.15, -0.1) is 0 Å². The number of hydrogen-bond donors (Lipinski definition) is 1. The van der Waals surface area contributed by atoms with Gasteiger partial charge in [-0.3, -0.25) is 0 Å². The van der Waals surface area contributed by atoms with Gasteiger partial charge in [-0.25, -0.2) is 4.98 Å². The van der Waals surface area contributed by atoms with E-state index in [9.17, 15) is 0 Å². The summed E-state index contributed by atoms with van der Waals surface area (Å²) < 4.78 is 0. The Morgan fingerprint density at radius 1 is 1.28 bits per heavy atom. The van der Waals surface area contributed by atoms with Gasteiger partial charge >= 0.3 is 0 Å². The normalized spacial score (nSPS) is 13.3. The van der Waals surface area contributed by atoms with Crippen molar-refractivity contribution in [1.82, 2.24) is 4.98 Å². The first-order valence-corrected chi connectivity index (χ1v) is 6.96. The number of aromatic nitrogens is 1. The van der Waals surface area contributed by atoms with Crippen LogP contribution >= 0.6 is 11.6 Å². The maximum absolute atomic E-state index is 6.45. The molecule has 0 saturated heterocycles. The van der Waals surface area contributed by atoms with Gasteiger partial charge in [0.2, 0.25) is 0 Å². The van der Waals surface area contributed by atoms with Gasteiger partial charge in [-0.1, -0.05) is 37.1 Å². The summed E-state index contributed by atoms with van der Waals surface area (Å²) in [6.45, 7) is 7.07. The molecule has 3 rings (SSSR count). The molecule has 0 saturated carbocycles. The maximum Gasteiger partial charge on any atom is 0.131 e. The molecular formula is C15H19ClN2. The fourth-order valence-electron chi connectivity index (χ4n) is 2.22. The van der Waals surface area contributed by atoms with Crippen molar-refractivity contribution in [2.24, 2.45) is 0 Å². The minimum absolute atomic E-state index is 0.871. The second kappa shape index (κ2) is 5.57. The lowest BCUT2D eigenvalue weighted by Crippen LogP contribution is -2.13. The molecule has 0 fully saturated rings. The number of aryl methyl sites for hydroxylation is 1. The van der Waals surface area contributed by atoms with Gasteiger partial charge in [0.25, 0.3) is 0 Å². The molecule has 0 bridgehead atoms. The topological polar surface area (TPSA) is 24.9 Å². The van der Waals surface area contributed by atoms with Crippen LogP contribution in [0.4, 0.5) is 5.82 Å². The van der Waals surface area contributed by atoms with Gasteiger partial charge in [0.1, 0.15) is 5.82 Å². The molecule has 1 aliphatic rings. The highest BCUT2D eigenvalue weighted by Gasteiger charge is 2.16. The molecule has 2 heterocycles. The summed E-state index contributed by atoms with van der Waals surface area (Å²) in [6.07, 6.45) is 2.16. The minimum Gasteiger partial charge on any atom is -0.370 e. The van der Waals surface area contributed by atoms with Crippen molar-refractivity contribution in [2.45, 2.75) is 33.6 Å². The molecule has 0 atom stereocenters. The van der Waals surface area contributed by atoms with Crippen molar-refractivity contribution < 1.29 is 0 Å². The van der Waals surface area contributed by atoms with Crippen LogP contribution < -0.4 is 5.32 Å². The van der Waals surface area contributed by atoms with E-state index in [2.05, 4.69) is 29.4 Å². The summed E-state index contributed by atoms with van der Waals surface area (Å²) in [5, 5.41) is 5.26. The van der Waals surface area contributed by atoms with Crippen molar-refractivity contribution in [3.63, 3.8) is 0 Å². The van der Waals surface area contributed by atoms with Crippen molar-refractivity contribution in [1.29, 1.82) is 0 Å². The average Bonchev–Trinajstić information content (AvgIpc) is 2.42. The molecule has 2 nitrogen and oxygen atoms in total. The van der Waals surface area contributed by atoms with E-state index in [-0.39, 0.29) is 0 Å². The van der Waals surface area contributed by atoms with Crippen molar-refractivity contribution in [3.05, 3.63) is 34.3 Å². The summed E-state index contributed by atoms with van der Waals surface area (Å²) in [6, 6.07) is 6.22. The molecule has 2 aromatic rings. The zero-order valence-corrected chi connectivity index (χ0v) is 11.9. The van der Waals surface area contributed by atoms with Gasteiger partial charge in [-0.2, -0.15) is 0 Å². The summed E-state index contributed by atoms with van der Waals surface area (Å²) in [4.78, 5) is 4.62. The molecule has 1 N–H and O–H groups in total. The van der Waals surface area contributed by atoms with Crippen LogP contribution in [-0.4, -0.2) is 11.5 Å². The predicted molar refractivity (Wildman–Crippen MR) is 79.6 cm³/mol. The molecule has 1 aliphatic heterocycles. The van der Waals surface area contributed by atoms with Crippen LogP contribution in [0.25, 0.3) is 10.9 Å². The number of benzene rings is 1. The van der Waals surface area contributed by atoms with Crippen LogP contribution in [0.2, 0.25) is 5.02 Å². The SMILES string of the molecule is CC.Cc1ccc2nc3c(c(Cl)c2c1)CCCN3. The number of anilines is 1. The van der Waals surface area contributed by atoms with E-state index in [4.69, 9.17) is 11.6 Å². The highest BCUT2D eigenvalue weighted by atomic mass is 35.5. The molecule has 18 heavy (non-hydrogen) atoms. The van der Waals surface area contributed by atoms with Crippen molar-refractivity contribution in [3.8, 4) is 0 Å². The highest BCUT2D eigenvalue weighted by Crippen LogP contribution is 2.33. The summed E-state index contributed by atoms with van der Waals surface area (Å²) in [7, 11) is 0. The average molecular weight is 263 g/mol. The number of rotatable bonds is 0. The second-order valence-electron chi connectivity index (χ2n) is 4.30. The molecule has 96 valence electrons. The summed E-state index contributed by atoms with van der Waals surface area (Å²) in [5.41, 5.74) is 3.37. The zero-order valence-electron chi connectivity index (χ0n) is 11.2. The molecule has 3 heteroatoms. The Morgan fingerprint density at radius 3 is 2.83 bits per heavy atom. The van der Waals surface area contributed by atoms with Crippen LogP contribution in [0.5, 0.6) is 0 Å². The van der Waals surface area contributed by atoms with E-state index in [0.717, 1.165) is 41.1 Å². The largest absolute Gasteiger partial charge is 0.370 e. The molecule has 0 radical (unpaired) electrons. The molecule has 0 aliphatic carbocycles. The van der Waals surface area contributed by atoms with Crippen LogP contribution in [0.1, 0.15) is 31.4 Å². The monoisotopic (exact) mass is 262 g/mol. The first-order valence-electron chi connectivity index (χ1n) is 6.58. The van der Waals surface area contributed by atoms with Crippen LogP contribution in [-0.2, 0) is 6.42 Å². The minimum atomic E-state index is 0.871. The molecule has 0 spiro atoms. The molecule has 0 amide bonds. The fourth-order valence-corrected chi connectivity index (χ4v) is 2.56. The molecule has 0 unspecified atom stereocenters. The van der Waals surface area contributed by atoms with E-state index in [0.29, 0.717) is 0 Å². The molecule has 1 aromatic carbocycles. The Balaban J connectivity index is 0.000000574. The maximum atomic E-state index is 6.45. The lowest BCUT2D eigenvalue weighted by molar-refractivity contribution is 0.821. The lowest BCUT2D eigenvalue weighted by Gasteiger charge is -2.19. The Morgan fingerprint density at radius 2 is 2.06 bits per heavy atom. The number of pyridine rings is 1. The number of fused-ring (bicyclic) bond motifs is 2. The molecular weight excluding hydrogens is 244 g/mol. The van der Waals surface area contributed by atoms with Gasteiger partial charge in [0.15, 0.2) is 0 Å². The fraction of sp³-hybridized carbons (Fsp3) is 0.400. The Hall–Kier alpha value is -1.28. The van der Waals surface area contributed by atoms with Gasteiger partial charge in [-0.05, 0) is 31.9 Å². The third-order valence-electron chi connectivity index (χ3n) is 3.07. The zero-order chi connectivity index (χ0) is 13.1. The van der Waals surface area contributed by atoms with Crippen LogP contribution in [0.3, 0.4) is 0 Å². The Bertz CT molecular complexity index is 564. The van der Waals surface area contributed by atoms with E-state index >= 15 is 0 Å².